The average Bonchev–Trinajstić information content (AvgIpc) is 2.81. The number of nitrogens with two attached hydrogens (primary N) is 1. The van der Waals surface area contributed by atoms with Gasteiger partial charge in [0.2, 0.25) is 0 Å². The molecule has 1 heterocycles. The van der Waals surface area contributed by atoms with Gasteiger partial charge in [-0.2, -0.15) is 0 Å². The fraction of sp³-hybridized carbons (Fsp3) is 0.231. The summed E-state index contributed by atoms with van der Waals surface area (Å²) >= 11 is 5.39. The second-order valence-electron chi connectivity index (χ2n) is 3.93. The number of nitrogens with one attached hydrogen (secondary N) is 1. The van der Waals surface area contributed by atoms with Gasteiger partial charge in [-0.1, -0.05) is 12.1 Å². The Morgan fingerprint density at radius 2 is 1.94 bits per heavy atom. The zero-order valence-corrected chi connectivity index (χ0v) is 11.6. The molecule has 1 aromatic heterocycles. The van der Waals surface area contributed by atoms with Crippen molar-refractivity contribution in [3.8, 4) is 0 Å². The molecule has 0 aliphatic heterocycles. The summed E-state index contributed by atoms with van der Waals surface area (Å²) in [5.41, 5.74) is 1.30. The largest absolute Gasteiger partial charge is 0.454 e. The standard InChI is InChI=1S/C13H16N2OS2/c14-18-12-4-1-10(2-5-12)7-8-15-9-11-3-6-13(17)16-11/h1-6,15,17H,7-9,14H2. The second kappa shape index (κ2) is 6.89. The van der Waals surface area contributed by atoms with Gasteiger partial charge in [0.25, 0.3) is 0 Å². The average molecular weight is 280 g/mol. The molecule has 0 unspecified atom stereocenters. The number of hydrogen-bond acceptors (Lipinski definition) is 5. The molecule has 0 atom stereocenters. The third kappa shape index (κ3) is 4.10. The number of hydrogen-bond donors (Lipinski definition) is 3. The van der Waals surface area contributed by atoms with Crippen molar-refractivity contribution in [1.29, 1.82) is 0 Å². The molecule has 2 rings (SSSR count). The smallest absolute Gasteiger partial charge is 0.157 e. The topological polar surface area (TPSA) is 51.2 Å². The molecule has 0 fully saturated rings. The van der Waals surface area contributed by atoms with E-state index in [2.05, 4.69) is 30.1 Å². The first-order chi connectivity index (χ1) is 8.78. The Bertz CT molecular complexity index is 482. The first-order valence-corrected chi connectivity index (χ1v) is 7.04. The van der Waals surface area contributed by atoms with E-state index in [9.17, 15) is 0 Å². The summed E-state index contributed by atoms with van der Waals surface area (Å²) in [6.07, 6.45) is 0.990. The van der Waals surface area contributed by atoms with Gasteiger partial charge in [-0.3, -0.25) is 5.14 Å². The molecule has 0 aliphatic carbocycles. The summed E-state index contributed by atoms with van der Waals surface area (Å²) in [4.78, 5) is 1.09. The van der Waals surface area contributed by atoms with E-state index >= 15 is 0 Å². The lowest BCUT2D eigenvalue weighted by atomic mass is 10.1. The van der Waals surface area contributed by atoms with Crippen LogP contribution in [0.5, 0.6) is 0 Å². The Labute approximate surface area is 117 Å². The fourth-order valence-electron chi connectivity index (χ4n) is 1.64. The molecule has 0 amide bonds. The Balaban J connectivity index is 1.71. The van der Waals surface area contributed by atoms with Gasteiger partial charge in [-0.25, -0.2) is 0 Å². The molecule has 5 heteroatoms. The Kier molecular flexibility index (Phi) is 5.19. The Hall–Kier alpha value is -0.880. The molecule has 2 aromatic rings. The van der Waals surface area contributed by atoms with Crippen molar-refractivity contribution in [1.82, 2.24) is 5.32 Å². The van der Waals surface area contributed by atoms with Gasteiger partial charge >= 0.3 is 0 Å². The van der Waals surface area contributed by atoms with Crippen molar-refractivity contribution in [2.24, 2.45) is 5.14 Å². The quantitative estimate of drug-likeness (QED) is 0.433. The zero-order chi connectivity index (χ0) is 12.8. The van der Waals surface area contributed by atoms with E-state index in [4.69, 9.17) is 9.56 Å². The van der Waals surface area contributed by atoms with Crippen LogP contribution in [0.25, 0.3) is 0 Å². The van der Waals surface area contributed by atoms with Crippen molar-refractivity contribution in [3.05, 3.63) is 47.7 Å². The van der Waals surface area contributed by atoms with Gasteiger partial charge in [0, 0.05) is 4.90 Å². The summed E-state index contributed by atoms with van der Waals surface area (Å²) in [7, 11) is 0. The minimum atomic E-state index is 0.654. The minimum Gasteiger partial charge on any atom is -0.454 e. The van der Waals surface area contributed by atoms with Crippen molar-refractivity contribution < 1.29 is 4.42 Å². The Morgan fingerprint density at radius 3 is 2.56 bits per heavy atom. The molecule has 1 aromatic carbocycles. The predicted molar refractivity (Wildman–Crippen MR) is 77.9 cm³/mol. The van der Waals surface area contributed by atoms with Crippen LogP contribution in [0.2, 0.25) is 0 Å². The summed E-state index contributed by atoms with van der Waals surface area (Å²) in [6, 6.07) is 12.1. The van der Waals surface area contributed by atoms with Gasteiger partial charge in [0.15, 0.2) is 5.09 Å². The van der Waals surface area contributed by atoms with E-state index in [0.717, 1.165) is 30.2 Å². The van der Waals surface area contributed by atoms with Gasteiger partial charge < -0.3 is 9.73 Å². The lowest BCUT2D eigenvalue weighted by molar-refractivity contribution is 0.419. The molecule has 0 radical (unpaired) electrons. The highest BCUT2D eigenvalue weighted by molar-refractivity contribution is 7.97. The molecule has 18 heavy (non-hydrogen) atoms. The maximum Gasteiger partial charge on any atom is 0.157 e. The first kappa shape index (κ1) is 13.5. The third-order valence-corrected chi connectivity index (χ3v) is 3.38. The highest BCUT2D eigenvalue weighted by atomic mass is 32.2. The lowest BCUT2D eigenvalue weighted by Gasteiger charge is -2.04. The summed E-state index contributed by atoms with van der Waals surface area (Å²) in [6.45, 7) is 1.65. The van der Waals surface area contributed by atoms with Crippen LogP contribution in [-0.4, -0.2) is 6.54 Å². The van der Waals surface area contributed by atoms with Gasteiger partial charge in [0.1, 0.15) is 5.76 Å². The maximum atomic E-state index is 5.48. The van der Waals surface area contributed by atoms with Crippen LogP contribution in [-0.2, 0) is 13.0 Å². The molecule has 0 aliphatic rings. The van der Waals surface area contributed by atoms with Crippen LogP contribution >= 0.6 is 24.6 Å². The van der Waals surface area contributed by atoms with E-state index in [-0.39, 0.29) is 0 Å². The van der Waals surface area contributed by atoms with E-state index in [1.807, 2.05) is 24.3 Å². The fourth-order valence-corrected chi connectivity index (χ4v) is 2.13. The zero-order valence-electron chi connectivity index (χ0n) is 9.93. The molecule has 0 spiro atoms. The van der Waals surface area contributed by atoms with E-state index < -0.39 is 0 Å². The summed E-state index contributed by atoms with van der Waals surface area (Å²) < 4.78 is 5.35. The highest BCUT2D eigenvalue weighted by Crippen LogP contribution is 2.13. The maximum absolute atomic E-state index is 5.48. The number of benzene rings is 1. The molecule has 0 saturated carbocycles. The van der Waals surface area contributed by atoms with Crippen LogP contribution in [0, 0.1) is 0 Å². The summed E-state index contributed by atoms with van der Waals surface area (Å²) in [5.74, 6) is 0.912. The van der Waals surface area contributed by atoms with Gasteiger partial charge in [-0.15, -0.1) is 12.6 Å². The monoisotopic (exact) mass is 280 g/mol. The van der Waals surface area contributed by atoms with Crippen LogP contribution in [0.4, 0.5) is 0 Å². The van der Waals surface area contributed by atoms with Gasteiger partial charge in [0.05, 0.1) is 6.54 Å². The molecule has 3 nitrogen and oxygen atoms in total. The Morgan fingerprint density at radius 1 is 1.17 bits per heavy atom. The lowest BCUT2D eigenvalue weighted by Crippen LogP contribution is -2.16. The van der Waals surface area contributed by atoms with Crippen molar-refractivity contribution in [2.75, 3.05) is 6.54 Å². The second-order valence-corrected chi connectivity index (χ2v) is 5.08. The van der Waals surface area contributed by atoms with Crippen LogP contribution in [0.1, 0.15) is 11.3 Å². The third-order valence-electron chi connectivity index (χ3n) is 2.60. The molecule has 0 bridgehead atoms. The molecule has 96 valence electrons. The number of rotatable bonds is 6. The molecule has 0 saturated heterocycles. The first-order valence-electron chi connectivity index (χ1n) is 5.72. The predicted octanol–water partition coefficient (Wildman–Crippen LogP) is 2.87. The molecular formula is C13H16N2OS2. The van der Waals surface area contributed by atoms with Crippen molar-refractivity contribution in [3.63, 3.8) is 0 Å². The molecular weight excluding hydrogens is 264 g/mol. The molecule has 3 N–H and O–H groups in total. The van der Waals surface area contributed by atoms with Crippen LogP contribution in [0.3, 0.4) is 0 Å². The van der Waals surface area contributed by atoms with Gasteiger partial charge in [-0.05, 0) is 54.7 Å². The number of furan rings is 1. The van der Waals surface area contributed by atoms with Crippen molar-refractivity contribution in [2.45, 2.75) is 23.0 Å². The van der Waals surface area contributed by atoms with E-state index in [0.29, 0.717) is 5.09 Å². The normalized spacial score (nSPS) is 10.8. The number of thiol groups is 1. The van der Waals surface area contributed by atoms with E-state index in [1.54, 1.807) is 0 Å². The highest BCUT2D eigenvalue weighted by Gasteiger charge is 1.98. The minimum absolute atomic E-state index is 0.654. The summed E-state index contributed by atoms with van der Waals surface area (Å²) in [5, 5.41) is 9.46. The van der Waals surface area contributed by atoms with Crippen LogP contribution < -0.4 is 10.5 Å². The van der Waals surface area contributed by atoms with E-state index in [1.165, 1.54) is 17.5 Å². The SMILES string of the molecule is NSc1ccc(CCNCc2ccc(S)o2)cc1. The van der Waals surface area contributed by atoms with Crippen molar-refractivity contribution >= 4 is 24.6 Å². The van der Waals surface area contributed by atoms with Crippen LogP contribution in [0.15, 0.2) is 50.8 Å².